The van der Waals surface area contributed by atoms with Crippen molar-refractivity contribution in [3.63, 3.8) is 0 Å². The van der Waals surface area contributed by atoms with Crippen LogP contribution in [0.15, 0.2) is 30.5 Å². The third-order valence-electron chi connectivity index (χ3n) is 2.80. The zero-order valence-corrected chi connectivity index (χ0v) is 9.81. The van der Waals surface area contributed by atoms with Gasteiger partial charge in [-0.3, -0.25) is 0 Å². The van der Waals surface area contributed by atoms with Gasteiger partial charge in [0.1, 0.15) is 0 Å². The van der Waals surface area contributed by atoms with Crippen LogP contribution >= 0.6 is 0 Å². The third-order valence-corrected chi connectivity index (χ3v) is 4.27. The van der Waals surface area contributed by atoms with Gasteiger partial charge < -0.3 is 5.73 Å². The molecule has 17 heavy (non-hydrogen) atoms. The first kappa shape index (κ1) is 10.3. The Bertz CT molecular complexity index is 688. The fourth-order valence-corrected chi connectivity index (χ4v) is 3.60. The molecule has 2 aromatic rings. The number of nitrogens with two attached hydrogens (primary N) is 1. The van der Waals surface area contributed by atoms with Crippen LogP contribution in [0.25, 0.3) is 5.69 Å². The number of benzene rings is 1. The van der Waals surface area contributed by atoms with Crippen molar-refractivity contribution in [3.05, 3.63) is 41.7 Å². The van der Waals surface area contributed by atoms with Gasteiger partial charge in [0.15, 0.2) is 9.84 Å². The predicted molar refractivity (Wildman–Crippen MR) is 64.3 cm³/mol. The molecule has 0 unspecified atom stereocenters. The van der Waals surface area contributed by atoms with Crippen LogP contribution in [0, 0.1) is 0 Å². The fraction of sp³-hybridized carbons (Fsp3) is 0.182. The van der Waals surface area contributed by atoms with Crippen LogP contribution in [0.2, 0.25) is 0 Å². The fourth-order valence-electron chi connectivity index (χ4n) is 2.06. The van der Waals surface area contributed by atoms with Crippen LogP contribution in [0.4, 0.5) is 5.69 Å². The summed E-state index contributed by atoms with van der Waals surface area (Å²) in [7, 11) is -2.99. The smallest absolute Gasteiger partial charge is 0.160 e. The Balaban J connectivity index is 2.14. The molecule has 3 rings (SSSR count). The van der Waals surface area contributed by atoms with Crippen molar-refractivity contribution in [2.45, 2.75) is 11.5 Å². The normalized spacial score (nSPS) is 16.9. The number of rotatable bonds is 1. The molecule has 88 valence electrons. The van der Waals surface area contributed by atoms with Crippen molar-refractivity contribution < 1.29 is 8.42 Å². The lowest BCUT2D eigenvalue weighted by molar-refractivity contribution is 0.596. The molecule has 2 heterocycles. The monoisotopic (exact) mass is 249 g/mol. The highest BCUT2D eigenvalue weighted by molar-refractivity contribution is 7.90. The summed E-state index contributed by atoms with van der Waals surface area (Å²) in [5.41, 5.74) is 8.66. The Morgan fingerprint density at radius 1 is 1.29 bits per heavy atom. The van der Waals surface area contributed by atoms with Gasteiger partial charge in [-0.25, -0.2) is 13.1 Å². The molecule has 0 fully saturated rings. The molecule has 6 heteroatoms. The van der Waals surface area contributed by atoms with E-state index in [1.165, 1.54) is 0 Å². The lowest BCUT2D eigenvalue weighted by atomic mass is 10.2. The van der Waals surface area contributed by atoms with E-state index in [0.717, 1.165) is 16.9 Å². The van der Waals surface area contributed by atoms with Gasteiger partial charge in [0, 0.05) is 11.3 Å². The molecule has 5 nitrogen and oxygen atoms in total. The minimum Gasteiger partial charge on any atom is -0.399 e. The summed E-state index contributed by atoms with van der Waals surface area (Å²) < 4.78 is 24.7. The molecule has 0 spiro atoms. The zero-order valence-electron chi connectivity index (χ0n) is 9.00. The van der Waals surface area contributed by atoms with E-state index < -0.39 is 9.84 Å². The topological polar surface area (TPSA) is 78.0 Å². The van der Waals surface area contributed by atoms with Crippen LogP contribution in [0.3, 0.4) is 0 Å². The van der Waals surface area contributed by atoms with E-state index in [1.807, 2.05) is 12.1 Å². The first-order valence-electron chi connectivity index (χ1n) is 5.17. The van der Waals surface area contributed by atoms with Crippen molar-refractivity contribution in [3.8, 4) is 5.69 Å². The van der Waals surface area contributed by atoms with Crippen LogP contribution in [-0.2, 0) is 21.3 Å². The quantitative estimate of drug-likeness (QED) is 0.761. The van der Waals surface area contributed by atoms with Crippen LogP contribution in [0.5, 0.6) is 0 Å². The van der Waals surface area contributed by atoms with E-state index in [-0.39, 0.29) is 11.5 Å². The summed E-state index contributed by atoms with van der Waals surface area (Å²) in [4.78, 5) is 0. The van der Waals surface area contributed by atoms with E-state index in [9.17, 15) is 8.42 Å². The van der Waals surface area contributed by atoms with Crippen LogP contribution < -0.4 is 5.73 Å². The standard InChI is InChI=1S/C11H11N3O2S/c12-9-2-1-3-10(4-9)14-11-7-17(15,16)6-8(11)5-13-14/h1-5H,6-7,12H2. The average molecular weight is 249 g/mol. The molecule has 0 amide bonds. The van der Waals surface area contributed by atoms with Crippen molar-refractivity contribution in [2.75, 3.05) is 5.73 Å². The Kier molecular flexibility index (Phi) is 2.03. The summed E-state index contributed by atoms with van der Waals surface area (Å²) in [5.74, 6) is 0.141. The molecule has 0 aliphatic carbocycles. The number of nitrogen functional groups attached to an aromatic ring is 1. The predicted octanol–water partition coefficient (Wildman–Crippen LogP) is 0.883. The van der Waals surface area contributed by atoms with Gasteiger partial charge in [-0.15, -0.1) is 0 Å². The van der Waals surface area contributed by atoms with Crippen molar-refractivity contribution in [1.29, 1.82) is 0 Å². The summed E-state index contributed by atoms with van der Waals surface area (Å²) in [6, 6.07) is 7.24. The van der Waals surface area contributed by atoms with Crippen molar-refractivity contribution in [1.82, 2.24) is 9.78 Å². The molecule has 1 aliphatic rings. The molecule has 0 saturated carbocycles. The minimum atomic E-state index is -2.99. The number of anilines is 1. The van der Waals surface area contributed by atoms with Crippen molar-refractivity contribution >= 4 is 15.5 Å². The highest BCUT2D eigenvalue weighted by Gasteiger charge is 2.29. The highest BCUT2D eigenvalue weighted by Crippen LogP contribution is 2.27. The van der Waals surface area contributed by atoms with E-state index in [1.54, 1.807) is 23.0 Å². The lowest BCUT2D eigenvalue weighted by Gasteiger charge is -2.05. The Labute approximate surface area is 98.8 Å². The Morgan fingerprint density at radius 3 is 2.88 bits per heavy atom. The number of sulfone groups is 1. The van der Waals surface area contributed by atoms with Crippen molar-refractivity contribution in [2.24, 2.45) is 0 Å². The van der Waals surface area contributed by atoms with Gasteiger partial charge in [0.25, 0.3) is 0 Å². The molecule has 1 aromatic carbocycles. The molecule has 0 radical (unpaired) electrons. The minimum absolute atomic E-state index is 0.0527. The molecule has 1 aromatic heterocycles. The summed E-state index contributed by atoms with van der Waals surface area (Å²) >= 11 is 0. The highest BCUT2D eigenvalue weighted by atomic mass is 32.2. The molecular formula is C11H11N3O2S. The second-order valence-electron chi connectivity index (χ2n) is 4.16. The first-order valence-corrected chi connectivity index (χ1v) is 6.99. The summed E-state index contributed by atoms with van der Waals surface area (Å²) in [6.45, 7) is 0. The number of fused-ring (bicyclic) bond motifs is 1. The van der Waals surface area contributed by atoms with Gasteiger partial charge in [-0.05, 0) is 18.2 Å². The summed E-state index contributed by atoms with van der Waals surface area (Å²) in [6.07, 6.45) is 1.61. The largest absolute Gasteiger partial charge is 0.399 e. The number of hydrogen-bond donors (Lipinski definition) is 1. The maximum atomic E-state index is 11.5. The average Bonchev–Trinajstić information content (AvgIpc) is 2.72. The molecule has 1 aliphatic heterocycles. The lowest BCUT2D eigenvalue weighted by Crippen LogP contribution is -2.05. The Morgan fingerprint density at radius 2 is 2.12 bits per heavy atom. The second-order valence-corrected chi connectivity index (χ2v) is 6.22. The molecule has 0 atom stereocenters. The molecule has 0 bridgehead atoms. The second kappa shape index (κ2) is 3.33. The van der Waals surface area contributed by atoms with Crippen LogP contribution in [0.1, 0.15) is 11.3 Å². The maximum Gasteiger partial charge on any atom is 0.160 e. The number of aromatic nitrogens is 2. The van der Waals surface area contributed by atoms with Gasteiger partial charge in [-0.2, -0.15) is 5.10 Å². The zero-order chi connectivity index (χ0) is 12.0. The van der Waals surface area contributed by atoms with E-state index in [4.69, 9.17) is 5.73 Å². The number of hydrogen-bond acceptors (Lipinski definition) is 4. The summed E-state index contributed by atoms with van der Waals surface area (Å²) in [5, 5.41) is 4.21. The Hall–Kier alpha value is -1.82. The van der Waals surface area contributed by atoms with E-state index in [0.29, 0.717) is 5.69 Å². The van der Waals surface area contributed by atoms with Gasteiger partial charge in [0.05, 0.1) is 29.1 Å². The van der Waals surface area contributed by atoms with Gasteiger partial charge in [0.2, 0.25) is 0 Å². The number of nitrogens with zero attached hydrogens (tertiary/aromatic N) is 2. The van der Waals surface area contributed by atoms with Gasteiger partial charge >= 0.3 is 0 Å². The molecular weight excluding hydrogens is 238 g/mol. The molecule has 0 saturated heterocycles. The van der Waals surface area contributed by atoms with Crippen LogP contribution in [-0.4, -0.2) is 18.2 Å². The first-order chi connectivity index (χ1) is 8.05. The SMILES string of the molecule is Nc1cccc(-n2ncc3c2CS(=O)(=O)C3)c1. The maximum absolute atomic E-state index is 11.5. The van der Waals surface area contributed by atoms with Gasteiger partial charge in [-0.1, -0.05) is 6.07 Å². The van der Waals surface area contributed by atoms with E-state index in [2.05, 4.69) is 5.10 Å². The molecule has 2 N–H and O–H groups in total. The third kappa shape index (κ3) is 1.70. The van der Waals surface area contributed by atoms with E-state index >= 15 is 0 Å².